The Balaban J connectivity index is 0.000000569. The van der Waals surface area contributed by atoms with Crippen molar-refractivity contribution in [2.24, 2.45) is 0 Å². The average Bonchev–Trinajstić information content (AvgIpc) is 2.78. The van der Waals surface area contributed by atoms with E-state index in [4.69, 9.17) is 9.90 Å². The molecule has 0 aliphatic heterocycles. The molecular formula is C24H19N3O4PdS. The molecule has 0 spiro atoms. The summed E-state index contributed by atoms with van der Waals surface area (Å²) in [7, 11) is -3.84. The number of hydrogen-bond donors (Lipinski definition) is 2. The standard InChI is InChI=1S/C22H15N3O2S.C2H4O2.Pd/c26-28(27,19-10-2-6-16-7-3-13-23-21(16)19)25-18-9-1-5-15-11-12-17-8-4-14-24-22(17)20(15)18;1-2(3)4;/h1-14,25H;1H3,(H,3,4);. The van der Waals surface area contributed by atoms with E-state index in [1.807, 2.05) is 48.5 Å². The first-order valence-electron chi connectivity index (χ1n) is 9.69. The molecule has 5 rings (SSSR count). The maximum atomic E-state index is 13.2. The van der Waals surface area contributed by atoms with Crippen LogP contribution in [-0.2, 0) is 35.2 Å². The minimum atomic E-state index is -3.84. The molecule has 33 heavy (non-hydrogen) atoms. The van der Waals surface area contributed by atoms with Crippen molar-refractivity contribution in [2.45, 2.75) is 11.8 Å². The second kappa shape index (κ2) is 10.0. The molecule has 5 aromatic rings. The number of fused-ring (bicyclic) bond motifs is 4. The second-order valence-corrected chi connectivity index (χ2v) is 8.65. The summed E-state index contributed by atoms with van der Waals surface area (Å²) in [5, 5.41) is 10.8. The number of hydrogen-bond acceptors (Lipinski definition) is 5. The molecule has 7 nitrogen and oxygen atoms in total. The smallest absolute Gasteiger partial charge is 0.300 e. The number of carboxylic acid groups (broad SMARTS) is 1. The van der Waals surface area contributed by atoms with Gasteiger partial charge in [-0.15, -0.1) is 0 Å². The topological polar surface area (TPSA) is 109 Å². The number of carboxylic acids is 1. The number of pyridine rings is 2. The molecule has 0 unspecified atom stereocenters. The quantitative estimate of drug-likeness (QED) is 0.246. The largest absolute Gasteiger partial charge is 0.481 e. The monoisotopic (exact) mass is 551 g/mol. The van der Waals surface area contributed by atoms with Crippen molar-refractivity contribution in [1.82, 2.24) is 9.97 Å². The van der Waals surface area contributed by atoms with E-state index in [-0.39, 0.29) is 25.3 Å². The van der Waals surface area contributed by atoms with Crippen molar-refractivity contribution in [2.75, 3.05) is 4.72 Å². The number of nitrogens with one attached hydrogen (secondary N) is 1. The number of benzene rings is 3. The third-order valence-corrected chi connectivity index (χ3v) is 6.14. The van der Waals surface area contributed by atoms with Crippen molar-refractivity contribution in [1.29, 1.82) is 0 Å². The van der Waals surface area contributed by atoms with Crippen LogP contribution in [0, 0.1) is 0 Å². The summed E-state index contributed by atoms with van der Waals surface area (Å²) >= 11 is 0. The molecule has 0 atom stereocenters. The van der Waals surface area contributed by atoms with E-state index in [0.717, 1.165) is 34.0 Å². The van der Waals surface area contributed by atoms with Gasteiger partial charge >= 0.3 is 0 Å². The first kappa shape index (κ1) is 24.3. The van der Waals surface area contributed by atoms with Crippen molar-refractivity contribution >= 4 is 54.3 Å². The van der Waals surface area contributed by atoms with E-state index in [1.54, 1.807) is 36.7 Å². The SMILES string of the molecule is CC(=O)O.O=S(=O)(Nc1cccc2ccc3cccnc3c12)c1cccc2cccnc12.[Pd]. The summed E-state index contributed by atoms with van der Waals surface area (Å²) in [4.78, 5) is 17.9. The van der Waals surface area contributed by atoms with E-state index < -0.39 is 16.0 Å². The van der Waals surface area contributed by atoms with Crippen molar-refractivity contribution < 1.29 is 38.7 Å². The summed E-state index contributed by atoms with van der Waals surface area (Å²) in [5.41, 5.74) is 1.70. The summed E-state index contributed by atoms with van der Waals surface area (Å²) in [6.45, 7) is 1.08. The Bertz CT molecular complexity index is 1560. The van der Waals surface area contributed by atoms with E-state index >= 15 is 0 Å². The van der Waals surface area contributed by atoms with Crippen LogP contribution < -0.4 is 4.72 Å². The average molecular weight is 552 g/mol. The molecule has 3 aromatic carbocycles. The van der Waals surface area contributed by atoms with Crippen LogP contribution in [0.1, 0.15) is 6.92 Å². The minimum Gasteiger partial charge on any atom is -0.481 e. The molecule has 0 aliphatic carbocycles. The number of para-hydroxylation sites is 1. The van der Waals surface area contributed by atoms with Gasteiger partial charge in [0.25, 0.3) is 16.0 Å². The van der Waals surface area contributed by atoms with Crippen molar-refractivity contribution in [3.63, 3.8) is 0 Å². The number of rotatable bonds is 3. The molecule has 0 aliphatic rings. The number of carbonyl (C=O) groups is 1. The van der Waals surface area contributed by atoms with Crippen LogP contribution in [0.5, 0.6) is 0 Å². The van der Waals surface area contributed by atoms with E-state index in [2.05, 4.69) is 14.7 Å². The Morgan fingerprint density at radius 1 is 0.788 bits per heavy atom. The van der Waals surface area contributed by atoms with Crippen molar-refractivity contribution in [3.05, 3.63) is 85.2 Å². The molecule has 2 aromatic heterocycles. The van der Waals surface area contributed by atoms with Gasteiger partial charge in [0.2, 0.25) is 0 Å². The Morgan fingerprint density at radius 3 is 2.00 bits per heavy atom. The normalized spacial score (nSPS) is 10.8. The van der Waals surface area contributed by atoms with E-state index in [0.29, 0.717) is 11.2 Å². The molecule has 0 saturated heterocycles. The van der Waals surface area contributed by atoms with Crippen molar-refractivity contribution in [3.8, 4) is 0 Å². The zero-order valence-corrected chi connectivity index (χ0v) is 19.7. The maximum absolute atomic E-state index is 13.2. The molecule has 2 N–H and O–H groups in total. The molecule has 0 radical (unpaired) electrons. The van der Waals surface area contributed by atoms with Crippen LogP contribution >= 0.6 is 0 Å². The predicted octanol–water partition coefficient (Wildman–Crippen LogP) is 4.83. The fourth-order valence-electron chi connectivity index (χ4n) is 3.49. The van der Waals surface area contributed by atoms with Crippen LogP contribution in [0.25, 0.3) is 32.6 Å². The van der Waals surface area contributed by atoms with Gasteiger partial charge in [0.05, 0.1) is 16.7 Å². The first-order valence-corrected chi connectivity index (χ1v) is 11.2. The van der Waals surface area contributed by atoms with Gasteiger partial charge in [0, 0.05) is 55.9 Å². The Labute approximate surface area is 204 Å². The van der Waals surface area contributed by atoms with Gasteiger partial charge in [-0.25, -0.2) is 8.42 Å². The minimum absolute atomic E-state index is 0. The zero-order valence-electron chi connectivity index (χ0n) is 17.4. The number of anilines is 1. The van der Waals surface area contributed by atoms with Gasteiger partial charge in [-0.2, -0.15) is 0 Å². The van der Waals surface area contributed by atoms with Gasteiger partial charge in [0.15, 0.2) is 0 Å². The van der Waals surface area contributed by atoms with Gasteiger partial charge in [-0.05, 0) is 29.7 Å². The van der Waals surface area contributed by atoms with Crippen LogP contribution in [0.4, 0.5) is 5.69 Å². The molecule has 0 amide bonds. The van der Waals surface area contributed by atoms with Gasteiger partial charge in [0.1, 0.15) is 4.90 Å². The number of sulfonamides is 1. The summed E-state index contributed by atoms with van der Waals surface area (Å²) in [6, 6.07) is 22.1. The molecule has 0 saturated carbocycles. The molecule has 0 fully saturated rings. The number of aromatic nitrogens is 2. The van der Waals surface area contributed by atoms with E-state index in [1.165, 1.54) is 0 Å². The fraction of sp³-hybridized carbons (Fsp3) is 0.0417. The molecule has 9 heteroatoms. The van der Waals surface area contributed by atoms with Gasteiger partial charge in [-0.3, -0.25) is 19.5 Å². The number of nitrogens with zero attached hydrogens (tertiary/aromatic N) is 2. The molecule has 170 valence electrons. The Hall–Kier alpha value is -3.38. The zero-order chi connectivity index (χ0) is 22.7. The summed E-state index contributed by atoms with van der Waals surface area (Å²) < 4.78 is 29.2. The molecule has 0 bridgehead atoms. The predicted molar refractivity (Wildman–Crippen MR) is 125 cm³/mol. The Kier molecular flexibility index (Phi) is 7.39. The third-order valence-electron chi connectivity index (χ3n) is 4.74. The van der Waals surface area contributed by atoms with Gasteiger partial charge in [-0.1, -0.05) is 48.5 Å². The van der Waals surface area contributed by atoms with Crippen LogP contribution in [0.15, 0.2) is 90.1 Å². The fourth-order valence-corrected chi connectivity index (χ4v) is 4.74. The van der Waals surface area contributed by atoms with E-state index in [9.17, 15) is 8.42 Å². The number of aliphatic carboxylic acids is 1. The van der Waals surface area contributed by atoms with Crippen LogP contribution in [-0.4, -0.2) is 29.5 Å². The van der Waals surface area contributed by atoms with Crippen LogP contribution in [0.3, 0.4) is 0 Å². The summed E-state index contributed by atoms with van der Waals surface area (Å²) in [5.74, 6) is -0.833. The summed E-state index contributed by atoms with van der Waals surface area (Å²) in [6.07, 6.45) is 3.30. The maximum Gasteiger partial charge on any atom is 0.300 e. The van der Waals surface area contributed by atoms with Crippen LogP contribution in [0.2, 0.25) is 0 Å². The van der Waals surface area contributed by atoms with Gasteiger partial charge < -0.3 is 5.11 Å². The molecule has 2 heterocycles. The first-order chi connectivity index (χ1) is 15.4. The molecular weight excluding hydrogens is 533 g/mol. The second-order valence-electron chi connectivity index (χ2n) is 7.00. The Morgan fingerprint density at radius 2 is 1.30 bits per heavy atom. The third kappa shape index (κ3) is 5.17.